The lowest BCUT2D eigenvalue weighted by Crippen LogP contribution is -2.37. The molecule has 0 aliphatic carbocycles. The third kappa shape index (κ3) is 4.76. The van der Waals surface area contributed by atoms with Gasteiger partial charge >= 0.3 is 0 Å². The van der Waals surface area contributed by atoms with Crippen LogP contribution in [0.2, 0.25) is 10.0 Å². The molecule has 0 spiro atoms. The average molecular weight is 464 g/mol. The summed E-state index contributed by atoms with van der Waals surface area (Å²) in [4.78, 5) is 2.16. The third-order valence-corrected chi connectivity index (χ3v) is 6.97. The van der Waals surface area contributed by atoms with Gasteiger partial charge in [-0.25, -0.2) is 13.1 Å². The maximum atomic E-state index is 12.7. The van der Waals surface area contributed by atoms with E-state index in [-0.39, 0.29) is 21.0 Å². The van der Waals surface area contributed by atoms with Crippen molar-refractivity contribution < 1.29 is 8.42 Å². The van der Waals surface area contributed by atoms with Crippen LogP contribution in [0.3, 0.4) is 0 Å². The van der Waals surface area contributed by atoms with Gasteiger partial charge in [-0.05, 0) is 24.1 Å². The van der Waals surface area contributed by atoms with E-state index in [9.17, 15) is 8.42 Å². The Bertz CT molecular complexity index is 839. The zero-order valence-corrected chi connectivity index (χ0v) is 17.2. The molecule has 0 radical (unpaired) electrons. The summed E-state index contributed by atoms with van der Waals surface area (Å²) in [6.07, 6.45) is 0.748. The van der Waals surface area contributed by atoms with Crippen molar-refractivity contribution in [3.05, 3.63) is 62.5 Å². The Morgan fingerprint density at radius 1 is 1.16 bits per heavy atom. The minimum absolute atomic E-state index is 0.0689. The molecule has 134 valence electrons. The van der Waals surface area contributed by atoms with Gasteiger partial charge in [0.2, 0.25) is 10.0 Å². The van der Waals surface area contributed by atoms with E-state index >= 15 is 0 Å². The monoisotopic (exact) mass is 462 g/mol. The van der Waals surface area contributed by atoms with Crippen LogP contribution in [0.4, 0.5) is 0 Å². The zero-order valence-electron chi connectivity index (χ0n) is 13.3. The van der Waals surface area contributed by atoms with E-state index in [4.69, 9.17) is 23.2 Å². The molecule has 2 aromatic carbocycles. The van der Waals surface area contributed by atoms with Crippen LogP contribution in [0, 0.1) is 0 Å². The van der Waals surface area contributed by atoms with Crippen LogP contribution in [0.15, 0.2) is 51.8 Å². The highest BCUT2D eigenvalue weighted by Gasteiger charge is 2.30. The molecule has 0 amide bonds. The highest BCUT2D eigenvalue weighted by molar-refractivity contribution is 9.10. The Kier molecular flexibility index (Phi) is 6.08. The van der Waals surface area contributed by atoms with Crippen molar-refractivity contribution in [3.8, 4) is 0 Å². The van der Waals surface area contributed by atoms with Gasteiger partial charge in [0, 0.05) is 30.1 Å². The Morgan fingerprint density at radius 3 is 2.44 bits per heavy atom. The number of hydrogen-bond donors (Lipinski definition) is 1. The number of benzene rings is 2. The van der Waals surface area contributed by atoms with Crippen LogP contribution in [0.25, 0.3) is 0 Å². The summed E-state index contributed by atoms with van der Waals surface area (Å²) in [6.45, 7) is 2.29. The van der Waals surface area contributed by atoms with Crippen LogP contribution in [0.1, 0.15) is 12.0 Å². The molecular formula is C17H17BrCl2N2O2S. The van der Waals surface area contributed by atoms with Crippen molar-refractivity contribution in [3.63, 3.8) is 0 Å². The molecule has 0 saturated carbocycles. The Morgan fingerprint density at radius 2 is 1.80 bits per heavy atom. The normalized spacial score (nSPS) is 18.6. The van der Waals surface area contributed by atoms with E-state index in [2.05, 4.69) is 37.7 Å². The zero-order chi connectivity index (χ0) is 18.0. The van der Waals surface area contributed by atoms with E-state index in [0.29, 0.717) is 11.0 Å². The van der Waals surface area contributed by atoms with Crippen molar-refractivity contribution >= 4 is 49.2 Å². The molecule has 1 N–H and O–H groups in total. The van der Waals surface area contributed by atoms with Crippen molar-refractivity contribution in [1.82, 2.24) is 9.62 Å². The molecular weight excluding hydrogens is 447 g/mol. The summed E-state index contributed by atoms with van der Waals surface area (Å²) in [5, 5.41) is 0.206. The van der Waals surface area contributed by atoms with Crippen LogP contribution >= 0.6 is 39.1 Å². The minimum atomic E-state index is -3.78. The third-order valence-electron chi connectivity index (χ3n) is 4.07. The summed E-state index contributed by atoms with van der Waals surface area (Å²) < 4.78 is 28.8. The van der Waals surface area contributed by atoms with Crippen LogP contribution in [-0.4, -0.2) is 32.4 Å². The molecule has 2 aromatic rings. The second kappa shape index (κ2) is 7.94. The maximum Gasteiger partial charge on any atom is 0.243 e. The molecule has 3 rings (SSSR count). The van der Waals surface area contributed by atoms with Crippen molar-refractivity contribution in [2.45, 2.75) is 23.9 Å². The Hall–Kier alpha value is -0.630. The SMILES string of the molecule is O=S(=O)(NC1CCN(Cc2ccccc2)C1)c1c(Cl)cc(Br)cc1Cl. The Balaban J connectivity index is 1.69. The van der Waals surface area contributed by atoms with E-state index in [0.717, 1.165) is 19.5 Å². The van der Waals surface area contributed by atoms with E-state index in [1.807, 2.05) is 18.2 Å². The smallest absolute Gasteiger partial charge is 0.243 e. The average Bonchev–Trinajstić information content (AvgIpc) is 2.93. The molecule has 1 unspecified atom stereocenters. The fraction of sp³-hybridized carbons (Fsp3) is 0.294. The minimum Gasteiger partial charge on any atom is -0.297 e. The van der Waals surface area contributed by atoms with Crippen LogP contribution in [-0.2, 0) is 16.6 Å². The molecule has 1 atom stereocenters. The van der Waals surface area contributed by atoms with Crippen LogP contribution in [0.5, 0.6) is 0 Å². The first-order valence-electron chi connectivity index (χ1n) is 7.78. The number of halogens is 3. The predicted octanol–water partition coefficient (Wildman–Crippen LogP) is 4.31. The number of hydrogen-bond acceptors (Lipinski definition) is 3. The molecule has 1 saturated heterocycles. The molecule has 0 aromatic heterocycles. The fourth-order valence-electron chi connectivity index (χ4n) is 2.98. The quantitative estimate of drug-likeness (QED) is 0.718. The summed E-state index contributed by atoms with van der Waals surface area (Å²) in [5.41, 5.74) is 1.21. The predicted molar refractivity (Wildman–Crippen MR) is 105 cm³/mol. The number of nitrogens with one attached hydrogen (secondary N) is 1. The van der Waals surface area contributed by atoms with Crippen molar-refractivity contribution in [2.75, 3.05) is 13.1 Å². The van der Waals surface area contributed by atoms with Gasteiger partial charge in [-0.15, -0.1) is 0 Å². The molecule has 4 nitrogen and oxygen atoms in total. The van der Waals surface area contributed by atoms with E-state index in [1.54, 1.807) is 0 Å². The van der Waals surface area contributed by atoms with Gasteiger partial charge in [0.15, 0.2) is 0 Å². The summed E-state index contributed by atoms with van der Waals surface area (Å²) in [7, 11) is -3.78. The lowest BCUT2D eigenvalue weighted by Gasteiger charge is -2.17. The molecule has 1 heterocycles. The first-order valence-corrected chi connectivity index (χ1v) is 10.8. The van der Waals surface area contributed by atoms with Gasteiger partial charge in [-0.3, -0.25) is 4.90 Å². The van der Waals surface area contributed by atoms with Gasteiger partial charge in [0.05, 0.1) is 10.0 Å². The van der Waals surface area contributed by atoms with Crippen molar-refractivity contribution in [1.29, 1.82) is 0 Å². The Labute approximate surface area is 166 Å². The summed E-state index contributed by atoms with van der Waals surface area (Å²) in [5.74, 6) is 0. The fourth-order valence-corrected chi connectivity index (χ4v) is 6.18. The molecule has 1 fully saturated rings. The molecule has 1 aliphatic rings. The molecule has 25 heavy (non-hydrogen) atoms. The number of likely N-dealkylation sites (tertiary alicyclic amines) is 1. The first kappa shape index (κ1) is 19.1. The highest BCUT2D eigenvalue weighted by Crippen LogP contribution is 2.33. The van der Waals surface area contributed by atoms with Gasteiger partial charge < -0.3 is 0 Å². The number of sulfonamides is 1. The lowest BCUT2D eigenvalue weighted by molar-refractivity contribution is 0.324. The second-order valence-corrected chi connectivity index (χ2v) is 9.41. The summed E-state index contributed by atoms with van der Waals surface area (Å²) in [6, 6.07) is 13.0. The molecule has 8 heteroatoms. The molecule has 0 bridgehead atoms. The van der Waals surface area contributed by atoms with Crippen molar-refractivity contribution in [2.24, 2.45) is 0 Å². The summed E-state index contributed by atoms with van der Waals surface area (Å²) >= 11 is 15.4. The number of rotatable bonds is 5. The topological polar surface area (TPSA) is 49.4 Å². The lowest BCUT2D eigenvalue weighted by atomic mass is 10.2. The van der Waals surface area contributed by atoms with Gasteiger partial charge in [0.1, 0.15) is 4.90 Å². The first-order chi connectivity index (χ1) is 11.8. The maximum absolute atomic E-state index is 12.7. The largest absolute Gasteiger partial charge is 0.297 e. The number of nitrogens with zero attached hydrogens (tertiary/aromatic N) is 1. The second-order valence-electron chi connectivity index (χ2n) is 6.03. The highest BCUT2D eigenvalue weighted by atomic mass is 79.9. The standard InChI is InChI=1S/C17H17BrCl2N2O2S/c18-13-8-15(19)17(16(20)9-13)25(23,24)21-14-6-7-22(11-14)10-12-4-2-1-3-5-12/h1-5,8-9,14,21H,6-7,10-11H2. The van der Waals surface area contributed by atoms with Gasteiger partial charge in [0.25, 0.3) is 0 Å². The molecule has 1 aliphatic heterocycles. The van der Waals surface area contributed by atoms with E-state index in [1.165, 1.54) is 17.7 Å². The van der Waals surface area contributed by atoms with Gasteiger partial charge in [-0.1, -0.05) is 69.5 Å². The van der Waals surface area contributed by atoms with Crippen LogP contribution < -0.4 is 4.72 Å². The van der Waals surface area contributed by atoms with Gasteiger partial charge in [-0.2, -0.15) is 0 Å². The van der Waals surface area contributed by atoms with E-state index < -0.39 is 10.0 Å².